The minimum atomic E-state index is -0.324. The predicted molar refractivity (Wildman–Crippen MR) is 68.9 cm³/mol. The Bertz CT molecular complexity index is 623. The second-order valence-corrected chi connectivity index (χ2v) is 4.62. The van der Waals surface area contributed by atoms with Crippen LogP contribution in [-0.4, -0.2) is 33.7 Å². The van der Waals surface area contributed by atoms with Crippen LogP contribution in [0.2, 0.25) is 0 Å². The van der Waals surface area contributed by atoms with Crippen LogP contribution in [0.15, 0.2) is 35.3 Å². The quantitative estimate of drug-likeness (QED) is 0.801. The fourth-order valence-electron chi connectivity index (χ4n) is 2.37. The Morgan fingerprint density at radius 1 is 1.39 bits per heavy atom. The number of β-amino-alcohol motifs (C(OH)–C–C–N with tert-alkyl or cyclic N) is 1. The van der Waals surface area contributed by atoms with E-state index in [0.29, 0.717) is 18.0 Å². The van der Waals surface area contributed by atoms with Crippen molar-refractivity contribution < 1.29 is 5.11 Å². The van der Waals surface area contributed by atoms with E-state index in [4.69, 9.17) is 0 Å². The summed E-state index contributed by atoms with van der Waals surface area (Å²) in [6.07, 6.45) is 3.13. The van der Waals surface area contributed by atoms with E-state index in [0.717, 1.165) is 19.4 Å². The number of aliphatic hydroxyl groups is 1. The number of pyridine rings is 1. The number of fused-ring (bicyclic) bond motifs is 1. The monoisotopic (exact) mass is 245 g/mol. The van der Waals surface area contributed by atoms with Crippen LogP contribution in [-0.2, 0) is 0 Å². The lowest BCUT2D eigenvalue weighted by Crippen LogP contribution is -2.39. The molecule has 1 fully saturated rings. The van der Waals surface area contributed by atoms with Crippen molar-refractivity contribution in [2.24, 2.45) is 0 Å². The van der Waals surface area contributed by atoms with Crippen molar-refractivity contribution >= 4 is 11.5 Å². The lowest BCUT2D eigenvalue weighted by molar-refractivity contribution is 0.154. The first-order chi connectivity index (χ1) is 8.74. The molecule has 0 unspecified atom stereocenters. The van der Waals surface area contributed by atoms with Gasteiger partial charge in [0.25, 0.3) is 5.56 Å². The van der Waals surface area contributed by atoms with Gasteiger partial charge in [0.15, 0.2) is 0 Å². The number of aromatic nitrogens is 2. The van der Waals surface area contributed by atoms with Gasteiger partial charge in [0, 0.05) is 25.4 Å². The van der Waals surface area contributed by atoms with Crippen molar-refractivity contribution in [2.75, 3.05) is 18.0 Å². The molecular formula is C13H15N3O2. The minimum Gasteiger partial charge on any atom is -0.391 e. The third kappa shape index (κ3) is 1.97. The largest absolute Gasteiger partial charge is 0.391 e. The highest BCUT2D eigenvalue weighted by atomic mass is 16.3. The van der Waals surface area contributed by atoms with Crippen molar-refractivity contribution in [1.82, 2.24) is 9.38 Å². The second kappa shape index (κ2) is 4.42. The summed E-state index contributed by atoms with van der Waals surface area (Å²) in [7, 11) is 0. The van der Waals surface area contributed by atoms with Gasteiger partial charge >= 0.3 is 0 Å². The van der Waals surface area contributed by atoms with E-state index in [-0.39, 0.29) is 11.7 Å². The molecule has 0 radical (unpaired) electrons. The molecule has 0 spiro atoms. The molecule has 94 valence electrons. The van der Waals surface area contributed by atoms with E-state index in [2.05, 4.69) is 4.98 Å². The molecule has 1 atom stereocenters. The smallest absolute Gasteiger partial charge is 0.259 e. The van der Waals surface area contributed by atoms with Crippen molar-refractivity contribution in [3.05, 3.63) is 40.8 Å². The van der Waals surface area contributed by atoms with Gasteiger partial charge in [-0.3, -0.25) is 9.20 Å². The maximum absolute atomic E-state index is 12.0. The summed E-state index contributed by atoms with van der Waals surface area (Å²) in [5.74, 6) is 0.657. The molecule has 2 aromatic rings. The van der Waals surface area contributed by atoms with E-state index in [9.17, 15) is 9.90 Å². The van der Waals surface area contributed by atoms with Crippen LogP contribution >= 0.6 is 0 Å². The standard InChI is InChI=1S/C13H15N3O2/c17-10-4-3-6-15(9-10)12-8-13(18)16-7-2-1-5-11(16)14-12/h1-2,5,7-8,10,17H,3-4,6,9H2/t10-/m1/s1. The SMILES string of the molecule is O=c1cc(N2CCC[C@@H](O)C2)nc2ccccn12. The first-order valence-corrected chi connectivity index (χ1v) is 6.15. The molecule has 0 saturated carbocycles. The minimum absolute atomic E-state index is 0.0873. The number of hydrogen-bond donors (Lipinski definition) is 1. The average Bonchev–Trinajstić information content (AvgIpc) is 2.39. The summed E-state index contributed by atoms with van der Waals surface area (Å²) in [6, 6.07) is 7.01. The zero-order chi connectivity index (χ0) is 12.5. The molecule has 5 nitrogen and oxygen atoms in total. The van der Waals surface area contributed by atoms with E-state index >= 15 is 0 Å². The first-order valence-electron chi connectivity index (χ1n) is 6.15. The third-order valence-corrected chi connectivity index (χ3v) is 3.28. The lowest BCUT2D eigenvalue weighted by atomic mass is 10.1. The maximum Gasteiger partial charge on any atom is 0.259 e. The van der Waals surface area contributed by atoms with Gasteiger partial charge in [-0.15, -0.1) is 0 Å². The van der Waals surface area contributed by atoms with Gasteiger partial charge in [0.05, 0.1) is 6.10 Å². The Hall–Kier alpha value is -1.88. The van der Waals surface area contributed by atoms with Gasteiger partial charge in [0.2, 0.25) is 0 Å². The van der Waals surface area contributed by atoms with Crippen molar-refractivity contribution in [3.8, 4) is 0 Å². The predicted octanol–water partition coefficient (Wildman–Crippen LogP) is 0.656. The molecule has 0 aliphatic carbocycles. The van der Waals surface area contributed by atoms with Gasteiger partial charge in [0.1, 0.15) is 11.5 Å². The van der Waals surface area contributed by atoms with Crippen LogP contribution in [0.5, 0.6) is 0 Å². The van der Waals surface area contributed by atoms with E-state index in [1.807, 2.05) is 17.0 Å². The molecule has 1 aliphatic heterocycles. The molecule has 0 bridgehead atoms. The number of nitrogens with zero attached hydrogens (tertiary/aromatic N) is 3. The normalized spacial score (nSPS) is 20.3. The summed E-state index contributed by atoms with van der Waals surface area (Å²) in [5.41, 5.74) is 0.552. The second-order valence-electron chi connectivity index (χ2n) is 4.62. The molecule has 3 heterocycles. The Labute approximate surface area is 104 Å². The van der Waals surface area contributed by atoms with Crippen molar-refractivity contribution in [2.45, 2.75) is 18.9 Å². The van der Waals surface area contributed by atoms with Gasteiger partial charge in [-0.05, 0) is 25.0 Å². The molecule has 5 heteroatoms. The topological polar surface area (TPSA) is 57.8 Å². The van der Waals surface area contributed by atoms with Crippen LogP contribution in [0, 0.1) is 0 Å². The fraction of sp³-hybridized carbons (Fsp3) is 0.385. The van der Waals surface area contributed by atoms with Gasteiger partial charge < -0.3 is 10.0 Å². The Kier molecular flexibility index (Phi) is 2.76. The summed E-state index contributed by atoms with van der Waals surface area (Å²) in [6.45, 7) is 1.39. The maximum atomic E-state index is 12.0. The van der Waals surface area contributed by atoms with Gasteiger partial charge in [-0.25, -0.2) is 4.98 Å². The Morgan fingerprint density at radius 3 is 3.11 bits per heavy atom. The van der Waals surface area contributed by atoms with E-state index in [1.54, 1.807) is 12.3 Å². The van der Waals surface area contributed by atoms with Crippen LogP contribution < -0.4 is 10.5 Å². The summed E-state index contributed by atoms with van der Waals surface area (Å²) in [5, 5.41) is 9.67. The summed E-state index contributed by atoms with van der Waals surface area (Å²) < 4.78 is 1.52. The Morgan fingerprint density at radius 2 is 2.28 bits per heavy atom. The third-order valence-electron chi connectivity index (χ3n) is 3.28. The number of anilines is 1. The molecule has 0 aromatic carbocycles. The number of aliphatic hydroxyl groups excluding tert-OH is 1. The zero-order valence-electron chi connectivity index (χ0n) is 9.99. The molecular weight excluding hydrogens is 230 g/mol. The number of hydrogen-bond acceptors (Lipinski definition) is 4. The van der Waals surface area contributed by atoms with Crippen LogP contribution in [0.3, 0.4) is 0 Å². The lowest BCUT2D eigenvalue weighted by Gasteiger charge is -2.30. The summed E-state index contributed by atoms with van der Waals surface area (Å²) >= 11 is 0. The van der Waals surface area contributed by atoms with Crippen molar-refractivity contribution in [1.29, 1.82) is 0 Å². The number of rotatable bonds is 1. The summed E-state index contributed by atoms with van der Waals surface area (Å²) in [4.78, 5) is 18.4. The molecule has 2 aromatic heterocycles. The van der Waals surface area contributed by atoms with Crippen LogP contribution in [0.1, 0.15) is 12.8 Å². The highest BCUT2D eigenvalue weighted by Gasteiger charge is 2.19. The van der Waals surface area contributed by atoms with Crippen LogP contribution in [0.4, 0.5) is 5.82 Å². The molecule has 1 aliphatic rings. The Balaban J connectivity index is 2.04. The van der Waals surface area contributed by atoms with Crippen molar-refractivity contribution in [3.63, 3.8) is 0 Å². The highest BCUT2D eigenvalue weighted by Crippen LogP contribution is 2.17. The van der Waals surface area contributed by atoms with E-state index in [1.165, 1.54) is 10.5 Å². The molecule has 0 amide bonds. The average molecular weight is 245 g/mol. The molecule has 1 N–H and O–H groups in total. The molecule has 18 heavy (non-hydrogen) atoms. The fourth-order valence-corrected chi connectivity index (χ4v) is 2.37. The molecule has 1 saturated heterocycles. The van der Waals surface area contributed by atoms with E-state index < -0.39 is 0 Å². The van der Waals surface area contributed by atoms with Gasteiger partial charge in [-0.1, -0.05) is 6.07 Å². The van der Waals surface area contributed by atoms with Gasteiger partial charge in [-0.2, -0.15) is 0 Å². The molecule has 3 rings (SSSR count). The number of piperidine rings is 1. The highest BCUT2D eigenvalue weighted by molar-refractivity contribution is 5.48. The first kappa shape index (κ1) is 11.2. The van der Waals surface area contributed by atoms with Crippen LogP contribution in [0.25, 0.3) is 5.65 Å². The zero-order valence-corrected chi connectivity index (χ0v) is 9.99.